The third kappa shape index (κ3) is 5.46. The molecule has 29 heavy (non-hydrogen) atoms. The number of ketones is 1. The van der Waals surface area contributed by atoms with Crippen LogP contribution in [0, 0.1) is 11.3 Å². The molecule has 2 fully saturated rings. The highest BCUT2D eigenvalue weighted by Crippen LogP contribution is 2.28. The van der Waals surface area contributed by atoms with Crippen LogP contribution < -0.4 is 9.64 Å². The Bertz CT molecular complexity index is 749. The van der Waals surface area contributed by atoms with Crippen molar-refractivity contribution in [2.75, 3.05) is 64.4 Å². The molecule has 0 unspecified atom stereocenters. The van der Waals surface area contributed by atoms with E-state index in [1.807, 2.05) is 34.2 Å². The first kappa shape index (κ1) is 21.1. The van der Waals surface area contributed by atoms with Crippen molar-refractivity contribution in [1.82, 2.24) is 14.9 Å². The standard InChI is InChI=1S/C21H29N5O3/c1-29-20-7-3-2-6-19(20)23-12-14-24(15-13-23)21(28)8-11-26(17-18(27)16-22)25-9-4-5-10-25/h2-3,6-7H,4-5,8-15,17H2,1H3. The topological polar surface area (TPSA) is 80.1 Å². The number of rotatable bonds is 8. The van der Waals surface area contributed by atoms with Crippen LogP contribution in [-0.4, -0.2) is 86.1 Å². The highest BCUT2D eigenvalue weighted by Gasteiger charge is 2.26. The van der Waals surface area contributed by atoms with Crippen molar-refractivity contribution < 1.29 is 14.3 Å². The molecule has 3 rings (SSSR count). The number of Topliss-reactive ketones (excluding diaryl/α,β-unsaturated/α-hetero) is 1. The van der Waals surface area contributed by atoms with Gasteiger partial charge in [0.1, 0.15) is 11.8 Å². The number of benzene rings is 1. The van der Waals surface area contributed by atoms with Crippen LogP contribution >= 0.6 is 0 Å². The summed E-state index contributed by atoms with van der Waals surface area (Å²) in [5, 5.41) is 12.8. The van der Waals surface area contributed by atoms with Gasteiger partial charge in [-0.2, -0.15) is 5.26 Å². The Hall–Kier alpha value is -2.63. The van der Waals surface area contributed by atoms with Gasteiger partial charge < -0.3 is 14.5 Å². The zero-order valence-electron chi connectivity index (χ0n) is 17.0. The Morgan fingerprint density at radius 3 is 2.45 bits per heavy atom. The van der Waals surface area contributed by atoms with Crippen LogP contribution in [0.25, 0.3) is 0 Å². The summed E-state index contributed by atoms with van der Waals surface area (Å²) in [5.74, 6) is 0.476. The molecule has 1 aromatic rings. The SMILES string of the molecule is COc1ccccc1N1CCN(C(=O)CCN(CC(=O)C#N)N2CCCC2)CC1. The Morgan fingerprint density at radius 2 is 1.79 bits per heavy atom. The van der Waals surface area contributed by atoms with E-state index in [9.17, 15) is 9.59 Å². The lowest BCUT2D eigenvalue weighted by Crippen LogP contribution is -2.50. The molecule has 2 aliphatic heterocycles. The summed E-state index contributed by atoms with van der Waals surface area (Å²) in [5.41, 5.74) is 1.05. The van der Waals surface area contributed by atoms with Crippen LogP contribution in [0.4, 0.5) is 5.69 Å². The third-order valence-electron chi connectivity index (χ3n) is 5.58. The quantitative estimate of drug-likeness (QED) is 0.607. The average molecular weight is 399 g/mol. The van der Waals surface area contributed by atoms with Gasteiger partial charge in [-0.15, -0.1) is 0 Å². The minimum absolute atomic E-state index is 0.0609. The number of carbonyl (C=O) groups is 2. The van der Waals surface area contributed by atoms with E-state index in [1.54, 1.807) is 13.2 Å². The molecular weight excluding hydrogens is 370 g/mol. The molecule has 156 valence electrons. The van der Waals surface area contributed by atoms with E-state index < -0.39 is 5.78 Å². The van der Waals surface area contributed by atoms with Gasteiger partial charge >= 0.3 is 0 Å². The maximum absolute atomic E-state index is 12.7. The molecule has 8 nitrogen and oxygen atoms in total. The fourth-order valence-corrected chi connectivity index (χ4v) is 3.98. The molecule has 0 bridgehead atoms. The van der Waals surface area contributed by atoms with Gasteiger partial charge in [-0.25, -0.2) is 10.0 Å². The van der Waals surface area contributed by atoms with Crippen LogP contribution in [0.3, 0.4) is 0 Å². The summed E-state index contributed by atoms with van der Waals surface area (Å²) in [6, 6.07) is 9.61. The fraction of sp³-hybridized carbons (Fsp3) is 0.571. The van der Waals surface area contributed by atoms with Crippen LogP contribution in [0.1, 0.15) is 19.3 Å². The second-order valence-corrected chi connectivity index (χ2v) is 7.37. The van der Waals surface area contributed by atoms with Gasteiger partial charge in [-0.05, 0) is 25.0 Å². The maximum atomic E-state index is 12.7. The maximum Gasteiger partial charge on any atom is 0.247 e. The highest BCUT2D eigenvalue weighted by molar-refractivity contribution is 5.94. The largest absolute Gasteiger partial charge is 0.495 e. The van der Waals surface area contributed by atoms with Crippen LogP contribution in [0.5, 0.6) is 5.75 Å². The molecule has 0 saturated carbocycles. The number of anilines is 1. The number of carbonyl (C=O) groups excluding carboxylic acids is 2. The predicted octanol–water partition coefficient (Wildman–Crippen LogP) is 1.14. The molecule has 2 saturated heterocycles. The monoisotopic (exact) mass is 399 g/mol. The lowest BCUT2D eigenvalue weighted by atomic mass is 10.2. The number of piperazine rings is 1. The lowest BCUT2D eigenvalue weighted by molar-refractivity contribution is -0.134. The number of hydrogen-bond donors (Lipinski definition) is 0. The van der Waals surface area contributed by atoms with E-state index in [2.05, 4.69) is 9.91 Å². The minimum Gasteiger partial charge on any atom is -0.495 e. The number of ether oxygens (including phenoxy) is 1. The van der Waals surface area contributed by atoms with E-state index >= 15 is 0 Å². The van der Waals surface area contributed by atoms with Gasteiger partial charge in [0.25, 0.3) is 0 Å². The fourth-order valence-electron chi connectivity index (χ4n) is 3.98. The van der Waals surface area contributed by atoms with E-state index in [0.29, 0.717) is 26.1 Å². The number of hydrazine groups is 1. The molecule has 8 heteroatoms. The zero-order valence-corrected chi connectivity index (χ0v) is 17.0. The summed E-state index contributed by atoms with van der Waals surface area (Å²) in [4.78, 5) is 28.5. The normalized spacial score (nSPS) is 17.4. The molecule has 1 aromatic carbocycles. The van der Waals surface area contributed by atoms with Gasteiger partial charge in [0.15, 0.2) is 0 Å². The van der Waals surface area contributed by atoms with E-state index in [-0.39, 0.29) is 12.5 Å². The highest BCUT2D eigenvalue weighted by atomic mass is 16.5. The van der Waals surface area contributed by atoms with Crippen molar-refractivity contribution in [3.8, 4) is 11.8 Å². The minimum atomic E-state index is -0.463. The molecule has 1 amide bonds. The van der Waals surface area contributed by atoms with Crippen LogP contribution in [-0.2, 0) is 9.59 Å². The van der Waals surface area contributed by atoms with Gasteiger partial charge in [0.05, 0.1) is 19.3 Å². The number of nitrogens with zero attached hydrogens (tertiary/aromatic N) is 5. The van der Waals surface area contributed by atoms with Crippen molar-refractivity contribution in [3.05, 3.63) is 24.3 Å². The van der Waals surface area contributed by atoms with E-state index in [0.717, 1.165) is 50.5 Å². The average Bonchev–Trinajstić information content (AvgIpc) is 3.31. The summed E-state index contributed by atoms with van der Waals surface area (Å²) in [7, 11) is 1.67. The number of nitriles is 1. The molecule has 0 radical (unpaired) electrons. The van der Waals surface area contributed by atoms with Crippen molar-refractivity contribution in [1.29, 1.82) is 5.26 Å². The first-order valence-corrected chi connectivity index (χ1v) is 10.2. The molecule has 2 heterocycles. The lowest BCUT2D eigenvalue weighted by Gasteiger charge is -2.37. The molecule has 0 aliphatic carbocycles. The van der Waals surface area contributed by atoms with Crippen molar-refractivity contribution >= 4 is 17.4 Å². The summed E-state index contributed by atoms with van der Waals surface area (Å²) in [6.07, 6.45) is 2.51. The van der Waals surface area contributed by atoms with Gasteiger partial charge in [0.2, 0.25) is 11.7 Å². The van der Waals surface area contributed by atoms with Crippen LogP contribution in [0.2, 0.25) is 0 Å². The molecule has 0 atom stereocenters. The molecule has 2 aliphatic rings. The molecular formula is C21H29N5O3. The smallest absolute Gasteiger partial charge is 0.247 e. The Balaban J connectivity index is 1.51. The second-order valence-electron chi connectivity index (χ2n) is 7.37. The third-order valence-corrected chi connectivity index (χ3v) is 5.58. The van der Waals surface area contributed by atoms with Gasteiger partial charge in [-0.1, -0.05) is 12.1 Å². The van der Waals surface area contributed by atoms with Gasteiger partial charge in [-0.3, -0.25) is 9.59 Å². The number of hydrogen-bond acceptors (Lipinski definition) is 7. The van der Waals surface area contributed by atoms with Gasteiger partial charge in [0, 0.05) is 52.2 Å². The van der Waals surface area contributed by atoms with E-state index in [1.165, 1.54) is 0 Å². The number of methoxy groups -OCH3 is 1. The van der Waals surface area contributed by atoms with Crippen molar-refractivity contribution in [3.63, 3.8) is 0 Å². The Kier molecular flexibility index (Phi) is 7.44. The van der Waals surface area contributed by atoms with Crippen molar-refractivity contribution in [2.45, 2.75) is 19.3 Å². The molecule has 0 N–H and O–H groups in total. The Morgan fingerprint density at radius 1 is 1.10 bits per heavy atom. The first-order valence-electron chi connectivity index (χ1n) is 10.2. The van der Waals surface area contributed by atoms with Crippen molar-refractivity contribution in [2.24, 2.45) is 0 Å². The number of para-hydroxylation sites is 2. The second kappa shape index (κ2) is 10.2. The zero-order chi connectivity index (χ0) is 20.6. The summed E-state index contributed by atoms with van der Waals surface area (Å²) in [6.45, 7) is 5.14. The Labute approximate surface area is 172 Å². The molecule has 0 aromatic heterocycles. The van der Waals surface area contributed by atoms with E-state index in [4.69, 9.17) is 10.00 Å². The summed E-state index contributed by atoms with van der Waals surface area (Å²) < 4.78 is 5.44. The first-order chi connectivity index (χ1) is 14.1. The molecule has 0 spiro atoms. The van der Waals surface area contributed by atoms with Crippen LogP contribution in [0.15, 0.2) is 24.3 Å². The summed E-state index contributed by atoms with van der Waals surface area (Å²) >= 11 is 0. The predicted molar refractivity (Wildman–Crippen MR) is 109 cm³/mol. The number of amides is 1.